The van der Waals surface area contributed by atoms with Crippen LogP contribution in [0.2, 0.25) is 0 Å². The third kappa shape index (κ3) is 3.69. The molecule has 0 saturated carbocycles. The number of aromatic nitrogens is 3. The molecule has 126 valence electrons. The second-order valence-corrected chi connectivity index (χ2v) is 5.47. The topological polar surface area (TPSA) is 65.4 Å². The van der Waals surface area contributed by atoms with Crippen molar-refractivity contribution in [2.75, 3.05) is 0 Å². The van der Waals surface area contributed by atoms with Gasteiger partial charge in [0.15, 0.2) is 5.69 Å². The summed E-state index contributed by atoms with van der Waals surface area (Å²) in [6.07, 6.45) is -3.38. The van der Waals surface area contributed by atoms with E-state index in [9.17, 15) is 13.2 Å². The van der Waals surface area contributed by atoms with Crippen molar-refractivity contribution in [3.8, 4) is 17.2 Å². The van der Waals surface area contributed by atoms with Gasteiger partial charge >= 0.3 is 6.18 Å². The summed E-state index contributed by atoms with van der Waals surface area (Å²) < 4.78 is 38.9. The molecule has 0 aliphatic carbocycles. The molecule has 0 bridgehead atoms. The van der Waals surface area contributed by atoms with Gasteiger partial charge in [-0.3, -0.25) is 0 Å². The maximum atomic E-state index is 13.0. The second-order valence-electron chi connectivity index (χ2n) is 5.47. The van der Waals surface area contributed by atoms with Gasteiger partial charge in [-0.05, 0) is 41.7 Å². The first-order valence-corrected chi connectivity index (χ1v) is 7.54. The minimum absolute atomic E-state index is 0.233. The van der Waals surface area contributed by atoms with E-state index < -0.39 is 11.7 Å². The Labute approximate surface area is 141 Å². The fourth-order valence-corrected chi connectivity index (χ4v) is 2.65. The maximum absolute atomic E-state index is 13.0. The molecule has 3 rings (SSSR count). The Balaban J connectivity index is 1.90. The summed E-state index contributed by atoms with van der Waals surface area (Å²) in [6, 6.07) is 14.5. The molecule has 3 aromatic rings. The van der Waals surface area contributed by atoms with Crippen LogP contribution >= 0.6 is 0 Å². The minimum atomic E-state index is -4.38. The quantitative estimate of drug-likeness (QED) is 0.775. The van der Waals surface area contributed by atoms with Gasteiger partial charge in [-0.2, -0.15) is 28.7 Å². The van der Waals surface area contributed by atoms with E-state index in [-0.39, 0.29) is 5.69 Å². The van der Waals surface area contributed by atoms with Crippen LogP contribution in [0.1, 0.15) is 22.5 Å². The molecule has 1 heterocycles. The minimum Gasteiger partial charge on any atom is -0.196 e. The summed E-state index contributed by atoms with van der Waals surface area (Å²) in [5.41, 5.74) is 2.22. The Bertz CT molecular complexity index is 922. The van der Waals surface area contributed by atoms with Gasteiger partial charge < -0.3 is 0 Å². The van der Waals surface area contributed by atoms with Gasteiger partial charge in [-0.15, -0.1) is 5.10 Å². The largest absolute Gasteiger partial charge is 0.416 e. The van der Waals surface area contributed by atoms with Crippen molar-refractivity contribution in [3.05, 3.63) is 71.0 Å². The van der Waals surface area contributed by atoms with Gasteiger partial charge in [0.2, 0.25) is 0 Å². The lowest BCUT2D eigenvalue weighted by Crippen LogP contribution is -2.04. The molecule has 0 aliphatic rings. The number of nitriles is 1. The van der Waals surface area contributed by atoms with Crippen molar-refractivity contribution >= 4 is 0 Å². The number of rotatable bonds is 4. The molecule has 0 aliphatic heterocycles. The highest BCUT2D eigenvalue weighted by Crippen LogP contribution is 2.33. The van der Waals surface area contributed by atoms with Crippen molar-refractivity contribution in [3.63, 3.8) is 0 Å². The summed E-state index contributed by atoms with van der Waals surface area (Å²) in [4.78, 5) is 0. The van der Waals surface area contributed by atoms with E-state index in [2.05, 4.69) is 15.4 Å². The number of benzene rings is 2. The lowest BCUT2D eigenvalue weighted by atomic mass is 9.95. The Morgan fingerprint density at radius 1 is 1.00 bits per heavy atom. The molecule has 0 amide bonds. The molecule has 7 heteroatoms. The SMILES string of the molecule is N#Cc1n[nH]nc1CCc1ccccc1-c1cccc(C(F)(F)F)c1. The smallest absolute Gasteiger partial charge is 0.196 e. The molecular weight excluding hydrogens is 329 g/mol. The third-order valence-electron chi connectivity index (χ3n) is 3.88. The molecule has 4 nitrogen and oxygen atoms in total. The monoisotopic (exact) mass is 342 g/mol. The van der Waals surface area contributed by atoms with Crippen LogP contribution in [0, 0.1) is 11.3 Å². The van der Waals surface area contributed by atoms with Crippen molar-refractivity contribution in [2.24, 2.45) is 0 Å². The van der Waals surface area contributed by atoms with Gasteiger partial charge in [0.1, 0.15) is 11.8 Å². The molecule has 0 spiro atoms. The molecule has 0 saturated heterocycles. The van der Waals surface area contributed by atoms with E-state index in [1.54, 1.807) is 18.2 Å². The van der Waals surface area contributed by atoms with Gasteiger partial charge in [-0.25, -0.2) is 0 Å². The highest BCUT2D eigenvalue weighted by Gasteiger charge is 2.30. The second kappa shape index (κ2) is 6.77. The molecule has 0 atom stereocenters. The summed E-state index contributed by atoms with van der Waals surface area (Å²) in [5.74, 6) is 0. The number of nitrogens with one attached hydrogen (secondary N) is 1. The maximum Gasteiger partial charge on any atom is 0.416 e. The number of hydrogen-bond donors (Lipinski definition) is 1. The molecular formula is C18H13F3N4. The van der Waals surface area contributed by atoms with Gasteiger partial charge in [-0.1, -0.05) is 36.4 Å². The third-order valence-corrected chi connectivity index (χ3v) is 3.88. The van der Waals surface area contributed by atoms with E-state index in [0.717, 1.165) is 23.3 Å². The van der Waals surface area contributed by atoms with Crippen LogP contribution in [0.15, 0.2) is 48.5 Å². The van der Waals surface area contributed by atoms with Gasteiger partial charge in [0.25, 0.3) is 0 Å². The number of halogens is 3. The fourth-order valence-electron chi connectivity index (χ4n) is 2.65. The standard InChI is InChI=1S/C18H13F3N4/c19-18(20,21)14-6-3-5-13(10-14)15-7-2-1-4-12(15)8-9-16-17(11-22)24-25-23-16/h1-7,10H,8-9H2,(H,23,24,25). The van der Waals surface area contributed by atoms with Crippen LogP contribution in [0.4, 0.5) is 13.2 Å². The molecule has 1 N–H and O–H groups in total. The van der Waals surface area contributed by atoms with Crippen LogP contribution in [0.25, 0.3) is 11.1 Å². The number of aryl methyl sites for hydroxylation is 2. The highest BCUT2D eigenvalue weighted by molar-refractivity contribution is 5.68. The van der Waals surface area contributed by atoms with Crippen molar-refractivity contribution in [1.29, 1.82) is 5.26 Å². The zero-order chi connectivity index (χ0) is 17.9. The summed E-state index contributed by atoms with van der Waals surface area (Å²) >= 11 is 0. The molecule has 0 radical (unpaired) electrons. The summed E-state index contributed by atoms with van der Waals surface area (Å²) in [7, 11) is 0. The number of nitrogens with zero attached hydrogens (tertiary/aromatic N) is 3. The van der Waals surface area contributed by atoms with E-state index >= 15 is 0 Å². The van der Waals surface area contributed by atoms with Crippen LogP contribution in [0.3, 0.4) is 0 Å². The predicted octanol–water partition coefficient (Wildman–Crippen LogP) is 4.15. The van der Waals surface area contributed by atoms with Crippen LogP contribution in [-0.4, -0.2) is 15.4 Å². The first kappa shape index (κ1) is 16.7. The number of hydrogen-bond acceptors (Lipinski definition) is 3. The molecule has 0 fully saturated rings. The van der Waals surface area contributed by atoms with E-state index in [1.165, 1.54) is 6.07 Å². The predicted molar refractivity (Wildman–Crippen MR) is 85.4 cm³/mol. The average molecular weight is 342 g/mol. The Hall–Kier alpha value is -3.14. The van der Waals surface area contributed by atoms with E-state index in [0.29, 0.717) is 24.1 Å². The molecule has 25 heavy (non-hydrogen) atoms. The lowest BCUT2D eigenvalue weighted by molar-refractivity contribution is -0.137. The number of aromatic amines is 1. The molecule has 0 unspecified atom stereocenters. The normalized spacial score (nSPS) is 11.3. The van der Waals surface area contributed by atoms with Gasteiger partial charge in [0, 0.05) is 0 Å². The van der Waals surface area contributed by atoms with E-state index in [4.69, 9.17) is 5.26 Å². The lowest BCUT2D eigenvalue weighted by Gasteiger charge is -2.12. The van der Waals surface area contributed by atoms with Crippen molar-refractivity contribution in [1.82, 2.24) is 15.4 Å². The first-order valence-electron chi connectivity index (χ1n) is 7.54. The van der Waals surface area contributed by atoms with Crippen LogP contribution < -0.4 is 0 Å². The molecule has 1 aromatic heterocycles. The van der Waals surface area contributed by atoms with Crippen molar-refractivity contribution in [2.45, 2.75) is 19.0 Å². The fraction of sp³-hybridized carbons (Fsp3) is 0.167. The van der Waals surface area contributed by atoms with Crippen LogP contribution in [0.5, 0.6) is 0 Å². The van der Waals surface area contributed by atoms with Gasteiger partial charge in [0.05, 0.1) is 5.56 Å². The zero-order valence-corrected chi connectivity index (χ0v) is 13.0. The summed E-state index contributed by atoms with van der Waals surface area (Å²) in [5, 5.41) is 19.1. The Morgan fingerprint density at radius 2 is 1.80 bits per heavy atom. The van der Waals surface area contributed by atoms with E-state index in [1.807, 2.05) is 18.2 Å². The highest BCUT2D eigenvalue weighted by atomic mass is 19.4. The molecule has 2 aromatic carbocycles. The van der Waals surface area contributed by atoms with Crippen LogP contribution in [-0.2, 0) is 19.0 Å². The first-order chi connectivity index (χ1) is 12.0. The number of alkyl halides is 3. The Kier molecular flexibility index (Phi) is 4.52. The summed E-state index contributed by atoms with van der Waals surface area (Å²) in [6.45, 7) is 0. The van der Waals surface area contributed by atoms with Crippen molar-refractivity contribution < 1.29 is 13.2 Å². The zero-order valence-electron chi connectivity index (χ0n) is 13.0. The number of H-pyrrole nitrogens is 1. The Morgan fingerprint density at radius 3 is 2.56 bits per heavy atom. The average Bonchev–Trinajstić information content (AvgIpc) is 3.07.